The van der Waals surface area contributed by atoms with E-state index in [1.165, 1.54) is 0 Å². The van der Waals surface area contributed by atoms with Crippen molar-refractivity contribution in [3.63, 3.8) is 0 Å². The highest BCUT2D eigenvalue weighted by Crippen LogP contribution is 2.50. The maximum absolute atomic E-state index is 10.9. The summed E-state index contributed by atoms with van der Waals surface area (Å²) in [5, 5.41) is 8.97. The second kappa shape index (κ2) is 2.50. The first-order valence-corrected chi connectivity index (χ1v) is 4.22. The third-order valence-corrected chi connectivity index (χ3v) is 2.96. The van der Waals surface area contributed by atoms with Crippen LogP contribution in [0, 0.1) is 17.3 Å². The van der Waals surface area contributed by atoms with Crippen molar-refractivity contribution in [2.24, 2.45) is 17.3 Å². The van der Waals surface area contributed by atoms with Gasteiger partial charge >= 0.3 is 5.97 Å². The van der Waals surface area contributed by atoms with Crippen LogP contribution in [0.25, 0.3) is 0 Å². The SMILES string of the molecule is CC1CC(C(=O)O)(C(C)C)C1. The Labute approximate surface area is 67.6 Å². The van der Waals surface area contributed by atoms with Crippen molar-refractivity contribution in [3.05, 3.63) is 0 Å². The molecule has 0 aliphatic heterocycles. The molecule has 0 heterocycles. The van der Waals surface area contributed by atoms with Gasteiger partial charge in [-0.1, -0.05) is 20.8 Å². The summed E-state index contributed by atoms with van der Waals surface area (Å²) >= 11 is 0. The third-order valence-electron chi connectivity index (χ3n) is 2.96. The predicted molar refractivity (Wildman–Crippen MR) is 43.3 cm³/mol. The van der Waals surface area contributed by atoms with Crippen molar-refractivity contribution in [1.82, 2.24) is 0 Å². The van der Waals surface area contributed by atoms with Crippen LogP contribution in [0.15, 0.2) is 0 Å². The smallest absolute Gasteiger partial charge is 0.309 e. The summed E-state index contributed by atoms with van der Waals surface area (Å²) in [5.74, 6) is 0.273. The molecule has 0 aromatic heterocycles. The van der Waals surface area contributed by atoms with Gasteiger partial charge in [-0.3, -0.25) is 4.79 Å². The maximum Gasteiger partial charge on any atom is 0.309 e. The minimum absolute atomic E-state index is 0.274. The number of hydrogen-bond acceptors (Lipinski definition) is 1. The van der Waals surface area contributed by atoms with Gasteiger partial charge in [0, 0.05) is 0 Å². The van der Waals surface area contributed by atoms with Crippen molar-refractivity contribution in [1.29, 1.82) is 0 Å². The molecule has 0 bridgehead atoms. The van der Waals surface area contributed by atoms with Gasteiger partial charge in [0.25, 0.3) is 0 Å². The van der Waals surface area contributed by atoms with E-state index < -0.39 is 5.97 Å². The van der Waals surface area contributed by atoms with Gasteiger partial charge in [-0.15, -0.1) is 0 Å². The standard InChI is InChI=1S/C9H16O2/c1-6(2)9(8(10)11)4-7(3)5-9/h6-7H,4-5H2,1-3H3,(H,10,11). The molecule has 0 atom stereocenters. The molecule has 1 N–H and O–H groups in total. The summed E-state index contributed by atoms with van der Waals surface area (Å²) in [4.78, 5) is 10.9. The minimum Gasteiger partial charge on any atom is -0.481 e. The number of carbonyl (C=O) groups is 1. The molecule has 0 aromatic rings. The average Bonchev–Trinajstić information content (AvgIpc) is 1.78. The molecular weight excluding hydrogens is 140 g/mol. The van der Waals surface area contributed by atoms with Crippen LogP contribution in [0.1, 0.15) is 33.6 Å². The van der Waals surface area contributed by atoms with Crippen LogP contribution in [0.5, 0.6) is 0 Å². The predicted octanol–water partition coefficient (Wildman–Crippen LogP) is 2.14. The van der Waals surface area contributed by atoms with E-state index in [2.05, 4.69) is 6.92 Å². The number of aliphatic carboxylic acids is 1. The zero-order valence-electron chi connectivity index (χ0n) is 7.42. The molecule has 2 heteroatoms. The zero-order chi connectivity index (χ0) is 8.65. The van der Waals surface area contributed by atoms with Crippen molar-refractivity contribution in [2.45, 2.75) is 33.6 Å². The highest BCUT2D eigenvalue weighted by atomic mass is 16.4. The van der Waals surface area contributed by atoms with Gasteiger partial charge in [0.05, 0.1) is 5.41 Å². The molecule has 1 aliphatic carbocycles. The van der Waals surface area contributed by atoms with Crippen LogP contribution >= 0.6 is 0 Å². The van der Waals surface area contributed by atoms with Crippen LogP contribution in [-0.4, -0.2) is 11.1 Å². The molecule has 2 nitrogen and oxygen atoms in total. The molecule has 64 valence electrons. The van der Waals surface area contributed by atoms with Crippen molar-refractivity contribution in [3.8, 4) is 0 Å². The Morgan fingerprint density at radius 3 is 2.09 bits per heavy atom. The van der Waals surface area contributed by atoms with Crippen LogP contribution < -0.4 is 0 Å². The molecule has 0 aromatic carbocycles. The number of rotatable bonds is 2. The average molecular weight is 156 g/mol. The minimum atomic E-state index is -0.606. The van der Waals surface area contributed by atoms with Crippen molar-refractivity contribution in [2.75, 3.05) is 0 Å². The first-order valence-electron chi connectivity index (χ1n) is 4.22. The normalized spacial score (nSPS) is 36.9. The molecule has 1 fully saturated rings. The summed E-state index contributed by atoms with van der Waals surface area (Å²) < 4.78 is 0. The van der Waals surface area contributed by atoms with Gasteiger partial charge in [0.2, 0.25) is 0 Å². The van der Waals surface area contributed by atoms with Crippen LogP contribution in [-0.2, 0) is 4.79 Å². The Morgan fingerprint density at radius 1 is 1.55 bits per heavy atom. The lowest BCUT2D eigenvalue weighted by molar-refractivity contribution is -0.162. The van der Waals surface area contributed by atoms with E-state index in [0.717, 1.165) is 12.8 Å². The van der Waals surface area contributed by atoms with Gasteiger partial charge in [-0.05, 0) is 24.7 Å². The molecule has 1 aliphatic rings. The monoisotopic (exact) mass is 156 g/mol. The van der Waals surface area contributed by atoms with E-state index in [0.29, 0.717) is 5.92 Å². The number of carboxylic acids is 1. The topological polar surface area (TPSA) is 37.3 Å². The summed E-state index contributed by atoms with van der Waals surface area (Å²) in [6.45, 7) is 6.11. The second-order valence-corrected chi connectivity index (χ2v) is 4.13. The quantitative estimate of drug-likeness (QED) is 0.665. The van der Waals surface area contributed by atoms with Gasteiger partial charge < -0.3 is 5.11 Å². The number of hydrogen-bond donors (Lipinski definition) is 1. The lowest BCUT2D eigenvalue weighted by Gasteiger charge is -2.46. The highest BCUT2D eigenvalue weighted by Gasteiger charge is 2.50. The Balaban J connectivity index is 2.69. The van der Waals surface area contributed by atoms with E-state index in [4.69, 9.17) is 5.11 Å². The molecule has 0 amide bonds. The van der Waals surface area contributed by atoms with Crippen LogP contribution in [0.2, 0.25) is 0 Å². The highest BCUT2D eigenvalue weighted by molar-refractivity contribution is 5.76. The summed E-state index contributed by atoms with van der Waals surface area (Å²) in [5.41, 5.74) is -0.389. The lowest BCUT2D eigenvalue weighted by atomic mass is 9.57. The molecule has 1 rings (SSSR count). The molecular formula is C9H16O2. The van der Waals surface area contributed by atoms with E-state index in [1.807, 2.05) is 13.8 Å². The Kier molecular flexibility index (Phi) is 1.95. The van der Waals surface area contributed by atoms with Crippen LogP contribution in [0.4, 0.5) is 0 Å². The fraction of sp³-hybridized carbons (Fsp3) is 0.889. The molecule has 0 spiro atoms. The van der Waals surface area contributed by atoms with Gasteiger partial charge in [0.1, 0.15) is 0 Å². The Morgan fingerprint density at radius 2 is 2.00 bits per heavy atom. The first-order chi connectivity index (χ1) is 4.99. The fourth-order valence-electron chi connectivity index (χ4n) is 2.08. The van der Waals surface area contributed by atoms with Crippen LogP contribution in [0.3, 0.4) is 0 Å². The Bertz CT molecular complexity index is 166. The largest absolute Gasteiger partial charge is 0.481 e. The maximum atomic E-state index is 10.9. The van der Waals surface area contributed by atoms with Crippen molar-refractivity contribution < 1.29 is 9.90 Å². The first kappa shape index (κ1) is 8.57. The molecule has 11 heavy (non-hydrogen) atoms. The zero-order valence-corrected chi connectivity index (χ0v) is 7.42. The van der Waals surface area contributed by atoms with E-state index >= 15 is 0 Å². The summed E-state index contributed by atoms with van der Waals surface area (Å²) in [7, 11) is 0. The molecule has 0 saturated heterocycles. The van der Waals surface area contributed by atoms with E-state index in [1.54, 1.807) is 0 Å². The molecule has 1 saturated carbocycles. The molecule has 0 unspecified atom stereocenters. The number of carboxylic acid groups (broad SMARTS) is 1. The Hall–Kier alpha value is -0.530. The third kappa shape index (κ3) is 1.15. The lowest BCUT2D eigenvalue weighted by Crippen LogP contribution is -2.46. The fourth-order valence-corrected chi connectivity index (χ4v) is 2.08. The van der Waals surface area contributed by atoms with Gasteiger partial charge in [-0.25, -0.2) is 0 Å². The second-order valence-electron chi connectivity index (χ2n) is 4.13. The van der Waals surface area contributed by atoms with Crippen molar-refractivity contribution >= 4 is 5.97 Å². The summed E-state index contributed by atoms with van der Waals surface area (Å²) in [6, 6.07) is 0. The van der Waals surface area contributed by atoms with E-state index in [-0.39, 0.29) is 11.3 Å². The van der Waals surface area contributed by atoms with E-state index in [9.17, 15) is 4.79 Å². The summed E-state index contributed by atoms with van der Waals surface area (Å²) in [6.07, 6.45) is 1.72. The van der Waals surface area contributed by atoms with Gasteiger partial charge in [-0.2, -0.15) is 0 Å². The molecule has 0 radical (unpaired) electrons. The van der Waals surface area contributed by atoms with Gasteiger partial charge in [0.15, 0.2) is 0 Å².